The van der Waals surface area contributed by atoms with Gasteiger partial charge in [-0.15, -0.1) is 0 Å². The first-order valence-corrected chi connectivity index (χ1v) is 23.5. The Morgan fingerprint density at radius 3 is 2.13 bits per heavy atom. The number of anilines is 3. The van der Waals surface area contributed by atoms with Crippen LogP contribution in [-0.2, 0) is 49.0 Å². The van der Waals surface area contributed by atoms with Crippen LogP contribution in [0.1, 0.15) is 49.4 Å². The van der Waals surface area contributed by atoms with Crippen LogP contribution in [0.2, 0.25) is 18.6 Å². The first-order valence-electron chi connectivity index (χ1n) is 20.4. The molecule has 0 saturated carbocycles. The number of hydrogen-bond donors (Lipinski definition) is 5. The summed E-state index contributed by atoms with van der Waals surface area (Å²) < 4.78 is 12.7. The van der Waals surface area contributed by atoms with Crippen molar-refractivity contribution in [2.45, 2.75) is 95.3 Å². The minimum Gasteiger partial charge on any atom is -0.497 e. The van der Waals surface area contributed by atoms with Gasteiger partial charge in [-0.25, -0.2) is 0 Å². The standard InChI is InChI=1S/C46H54N4O9Si/c1-27-42(60(5,6)37-18-16-36(58-4)17-19-37)40(23-41(54)49-25-32-10-8-7-9-31(32)21-35(49)26-51)59-46(27)38-22-34(48-44(56)29(3)53)15-20-39(38)50(45(46)57)24-30-11-13-33(14-12-30)47-43(55)28(2)52/h7-20,22,27-29,35,40,42,51-53H,21,23-26H2,1-6H3,(H,47,55)(H,48,56)/t27-,28+,29+,35+,40+,42-,46+/m1/s1. The second kappa shape index (κ2) is 16.9. The molecular formula is C46H54N4O9Si. The van der Waals surface area contributed by atoms with Crippen molar-refractivity contribution >= 4 is 54.0 Å². The van der Waals surface area contributed by atoms with Crippen molar-refractivity contribution < 1.29 is 44.0 Å². The summed E-state index contributed by atoms with van der Waals surface area (Å²) in [5.74, 6) is -1.39. The number of ether oxygens (including phenoxy) is 2. The quantitative estimate of drug-likeness (QED) is 0.129. The van der Waals surface area contributed by atoms with Gasteiger partial charge in [0.2, 0.25) is 5.91 Å². The number of aliphatic hydroxyl groups excluding tert-OH is 3. The van der Waals surface area contributed by atoms with Crippen LogP contribution in [0.5, 0.6) is 5.75 Å². The molecule has 0 aromatic heterocycles. The Morgan fingerprint density at radius 1 is 0.900 bits per heavy atom. The van der Waals surface area contributed by atoms with E-state index in [0.717, 1.165) is 21.9 Å². The van der Waals surface area contributed by atoms with E-state index in [9.17, 15) is 29.7 Å². The van der Waals surface area contributed by atoms with E-state index in [2.05, 4.69) is 35.9 Å². The number of rotatable bonds is 12. The number of methoxy groups -OCH3 is 1. The Bertz CT molecular complexity index is 2260. The molecule has 60 heavy (non-hydrogen) atoms. The first kappa shape index (κ1) is 42.7. The first-order chi connectivity index (χ1) is 28.6. The Labute approximate surface area is 351 Å². The fourth-order valence-corrected chi connectivity index (χ4v) is 13.5. The lowest BCUT2D eigenvalue weighted by Gasteiger charge is -2.39. The maximum absolute atomic E-state index is 15.5. The number of amides is 4. The highest BCUT2D eigenvalue weighted by atomic mass is 28.3. The van der Waals surface area contributed by atoms with Gasteiger partial charge in [-0.1, -0.05) is 73.7 Å². The molecule has 316 valence electrons. The van der Waals surface area contributed by atoms with E-state index >= 15 is 4.79 Å². The summed E-state index contributed by atoms with van der Waals surface area (Å²) in [5.41, 5.74) is 3.03. The fraction of sp³-hybridized carbons (Fsp3) is 0.391. The predicted octanol–water partition coefficient (Wildman–Crippen LogP) is 4.43. The second-order valence-electron chi connectivity index (χ2n) is 16.8. The molecule has 7 rings (SSSR count). The number of carbonyl (C=O) groups is 4. The van der Waals surface area contributed by atoms with E-state index in [1.54, 1.807) is 59.4 Å². The molecule has 4 aromatic carbocycles. The number of fused-ring (bicyclic) bond motifs is 3. The number of nitrogens with one attached hydrogen (secondary N) is 2. The van der Waals surface area contributed by atoms with Gasteiger partial charge in [0.1, 0.15) is 18.0 Å². The van der Waals surface area contributed by atoms with Gasteiger partial charge in [-0.05, 0) is 85.0 Å². The summed E-state index contributed by atoms with van der Waals surface area (Å²) >= 11 is 0. The summed E-state index contributed by atoms with van der Waals surface area (Å²) in [6.07, 6.45) is -2.67. The summed E-state index contributed by atoms with van der Waals surface area (Å²) in [6, 6.07) is 27.7. The van der Waals surface area contributed by atoms with Crippen LogP contribution in [0.25, 0.3) is 0 Å². The Hall–Kier alpha value is -5.38. The molecule has 3 aliphatic rings. The maximum atomic E-state index is 15.5. The van der Waals surface area contributed by atoms with E-state index in [1.807, 2.05) is 43.3 Å². The Morgan fingerprint density at radius 2 is 1.52 bits per heavy atom. The maximum Gasteiger partial charge on any atom is 0.264 e. The van der Waals surface area contributed by atoms with Crippen LogP contribution >= 0.6 is 0 Å². The average molecular weight is 835 g/mol. The highest BCUT2D eigenvalue weighted by molar-refractivity contribution is 6.91. The molecule has 1 fully saturated rings. The summed E-state index contributed by atoms with van der Waals surface area (Å²) in [6.45, 7) is 9.54. The lowest BCUT2D eigenvalue weighted by atomic mass is 9.82. The van der Waals surface area contributed by atoms with Crippen molar-refractivity contribution in [3.05, 3.63) is 113 Å². The zero-order valence-electron chi connectivity index (χ0n) is 34.8. The molecule has 0 radical (unpaired) electrons. The molecule has 0 aliphatic carbocycles. The third-order valence-electron chi connectivity index (χ3n) is 12.7. The van der Waals surface area contributed by atoms with Gasteiger partial charge >= 0.3 is 0 Å². The minimum atomic E-state index is -2.66. The molecule has 3 aliphatic heterocycles. The summed E-state index contributed by atoms with van der Waals surface area (Å²) in [7, 11) is -1.04. The molecule has 3 heterocycles. The molecule has 7 atom stereocenters. The second-order valence-corrected chi connectivity index (χ2v) is 21.5. The number of nitrogens with zero attached hydrogens (tertiary/aromatic N) is 2. The third kappa shape index (κ3) is 7.85. The molecule has 4 aromatic rings. The van der Waals surface area contributed by atoms with Gasteiger partial charge in [0.15, 0.2) is 5.60 Å². The number of aliphatic hydroxyl groups is 3. The van der Waals surface area contributed by atoms with Gasteiger partial charge in [-0.3, -0.25) is 19.2 Å². The van der Waals surface area contributed by atoms with Crippen LogP contribution in [0.15, 0.2) is 91.0 Å². The van der Waals surface area contributed by atoms with Crippen molar-refractivity contribution in [3.8, 4) is 5.75 Å². The SMILES string of the molecule is COc1ccc([Si](C)(C)[C@H]2[C@H](CC(=O)N3Cc4ccccc4C[C@H]3CO)O[C@@]3(C(=O)N(Cc4ccc(NC(=O)[C@H](C)O)cc4)c4ccc(NC(=O)[C@H](C)O)cc43)[C@@H]2C)cc1. The highest BCUT2D eigenvalue weighted by Gasteiger charge is 2.66. The van der Waals surface area contributed by atoms with Crippen LogP contribution in [-0.4, -0.2) is 90.0 Å². The lowest BCUT2D eigenvalue weighted by Crippen LogP contribution is -2.52. The number of benzene rings is 4. The van der Waals surface area contributed by atoms with Gasteiger partial charge in [0.05, 0.1) is 52.6 Å². The zero-order chi connectivity index (χ0) is 43.1. The van der Waals surface area contributed by atoms with Crippen LogP contribution < -0.4 is 25.5 Å². The monoisotopic (exact) mass is 834 g/mol. The molecular weight excluding hydrogens is 781 g/mol. The van der Waals surface area contributed by atoms with Crippen LogP contribution in [0.3, 0.4) is 0 Å². The van der Waals surface area contributed by atoms with Crippen molar-refractivity contribution in [1.82, 2.24) is 4.90 Å². The van der Waals surface area contributed by atoms with Crippen molar-refractivity contribution in [2.75, 3.05) is 29.3 Å². The molecule has 1 saturated heterocycles. The van der Waals surface area contributed by atoms with Crippen LogP contribution in [0.4, 0.5) is 17.1 Å². The van der Waals surface area contributed by atoms with E-state index in [-0.39, 0.29) is 36.9 Å². The van der Waals surface area contributed by atoms with Crippen molar-refractivity contribution in [3.63, 3.8) is 0 Å². The lowest BCUT2D eigenvalue weighted by molar-refractivity contribution is -0.151. The minimum absolute atomic E-state index is 0.0251. The van der Waals surface area contributed by atoms with Crippen molar-refractivity contribution in [1.29, 1.82) is 0 Å². The predicted molar refractivity (Wildman–Crippen MR) is 230 cm³/mol. The van der Waals surface area contributed by atoms with Gasteiger partial charge in [0.25, 0.3) is 17.7 Å². The zero-order valence-corrected chi connectivity index (χ0v) is 35.8. The van der Waals surface area contributed by atoms with Gasteiger partial charge in [-0.2, -0.15) is 0 Å². The molecule has 14 heteroatoms. The molecule has 13 nitrogen and oxygen atoms in total. The number of hydrogen-bond acceptors (Lipinski definition) is 9. The van der Waals surface area contributed by atoms with Crippen molar-refractivity contribution in [2.24, 2.45) is 5.92 Å². The summed E-state index contributed by atoms with van der Waals surface area (Å²) in [5, 5.41) is 36.8. The van der Waals surface area contributed by atoms with E-state index in [1.165, 1.54) is 13.8 Å². The Kier molecular flexibility index (Phi) is 12.1. The van der Waals surface area contributed by atoms with E-state index in [0.29, 0.717) is 41.3 Å². The third-order valence-corrected chi connectivity index (χ3v) is 17.0. The molecule has 1 spiro atoms. The largest absolute Gasteiger partial charge is 0.497 e. The smallest absolute Gasteiger partial charge is 0.264 e. The summed E-state index contributed by atoms with van der Waals surface area (Å²) in [4.78, 5) is 58.4. The van der Waals surface area contributed by atoms with Crippen LogP contribution in [0, 0.1) is 5.92 Å². The highest BCUT2D eigenvalue weighted by Crippen LogP contribution is 2.60. The fourth-order valence-electron chi connectivity index (χ4n) is 9.45. The molecule has 4 amide bonds. The van der Waals surface area contributed by atoms with Gasteiger partial charge in [0, 0.05) is 29.4 Å². The number of carbonyl (C=O) groups excluding carboxylic acids is 4. The van der Waals surface area contributed by atoms with Gasteiger partial charge < -0.3 is 45.2 Å². The topological polar surface area (TPSA) is 178 Å². The normalized spacial score (nSPS) is 23.2. The van der Waals surface area contributed by atoms with E-state index in [4.69, 9.17) is 9.47 Å². The average Bonchev–Trinajstić information content (AvgIpc) is 3.66. The molecule has 0 bridgehead atoms. The molecule has 5 N–H and O–H groups in total. The Balaban J connectivity index is 1.31. The van der Waals surface area contributed by atoms with E-state index < -0.39 is 55.8 Å². The molecule has 0 unspecified atom stereocenters.